The summed E-state index contributed by atoms with van der Waals surface area (Å²) in [5.74, 6) is 0.813. The van der Waals surface area contributed by atoms with Crippen LogP contribution in [0, 0.1) is 10.1 Å². The Labute approximate surface area is 172 Å². The predicted octanol–water partition coefficient (Wildman–Crippen LogP) is 5.43. The zero-order chi connectivity index (χ0) is 21.1. The summed E-state index contributed by atoms with van der Waals surface area (Å²) < 4.78 is 11.5. The largest absolute Gasteiger partial charge is 0.489 e. The number of ketones is 1. The lowest BCUT2D eigenvalue weighted by Gasteiger charge is -2.07. The first kappa shape index (κ1) is 19.1. The second kappa shape index (κ2) is 8.05. The third-order valence-electron chi connectivity index (χ3n) is 4.64. The molecule has 0 amide bonds. The molecule has 0 fully saturated rings. The predicted molar refractivity (Wildman–Crippen MR) is 113 cm³/mol. The normalized spacial score (nSPS) is 13.6. The molecule has 0 radical (unpaired) electrons. The molecule has 0 N–H and O–H groups in total. The van der Waals surface area contributed by atoms with Crippen molar-refractivity contribution < 1.29 is 19.2 Å². The number of benzene rings is 3. The van der Waals surface area contributed by atoms with Crippen LogP contribution in [0.15, 0.2) is 79.1 Å². The first-order valence-corrected chi connectivity index (χ1v) is 9.20. The Morgan fingerprint density at radius 2 is 1.83 bits per heavy atom. The van der Waals surface area contributed by atoms with Gasteiger partial charge in [0.1, 0.15) is 18.1 Å². The van der Waals surface area contributed by atoms with E-state index in [1.54, 1.807) is 36.4 Å². The smallest absolute Gasteiger partial charge is 0.270 e. The van der Waals surface area contributed by atoms with Crippen LogP contribution in [0.2, 0.25) is 0 Å². The average Bonchev–Trinajstić information content (AvgIpc) is 3.07. The highest BCUT2D eigenvalue weighted by Gasteiger charge is 2.27. The Morgan fingerprint density at radius 3 is 2.57 bits per heavy atom. The second-order valence-electron chi connectivity index (χ2n) is 6.68. The first-order valence-electron chi connectivity index (χ1n) is 9.20. The number of rotatable bonds is 6. The third kappa shape index (κ3) is 3.98. The molecule has 0 atom stereocenters. The maximum absolute atomic E-state index is 12.6. The van der Waals surface area contributed by atoms with Gasteiger partial charge in [0.05, 0.1) is 10.5 Å². The fourth-order valence-electron chi connectivity index (χ4n) is 3.05. The number of fused-ring (bicyclic) bond motifs is 1. The van der Waals surface area contributed by atoms with Crippen molar-refractivity contribution in [3.63, 3.8) is 0 Å². The van der Waals surface area contributed by atoms with E-state index >= 15 is 0 Å². The lowest BCUT2D eigenvalue weighted by molar-refractivity contribution is -0.384. The van der Waals surface area contributed by atoms with Gasteiger partial charge in [-0.2, -0.15) is 0 Å². The van der Waals surface area contributed by atoms with Gasteiger partial charge in [0.25, 0.3) is 5.69 Å². The molecule has 0 aliphatic carbocycles. The van der Waals surface area contributed by atoms with Crippen LogP contribution in [0.3, 0.4) is 0 Å². The van der Waals surface area contributed by atoms with E-state index in [0.29, 0.717) is 29.2 Å². The Morgan fingerprint density at radius 1 is 1.03 bits per heavy atom. The molecular weight excluding hydrogens is 382 g/mol. The Hall–Kier alpha value is -4.19. The maximum atomic E-state index is 12.6. The minimum Gasteiger partial charge on any atom is -0.489 e. The van der Waals surface area contributed by atoms with Gasteiger partial charge < -0.3 is 9.47 Å². The molecule has 0 saturated heterocycles. The summed E-state index contributed by atoms with van der Waals surface area (Å²) >= 11 is 0. The molecule has 1 aliphatic heterocycles. The number of carbonyl (C=O) groups excluding carboxylic acids is 1. The summed E-state index contributed by atoms with van der Waals surface area (Å²) in [5.41, 5.74) is 2.92. The SMILES string of the molecule is C=Cc1ccc(COc2ccc3c(c2)O/C(=C\c2cccc([N+](=O)[O-])c2)C3=O)cc1. The number of allylic oxidation sites excluding steroid dienone is 1. The first-order chi connectivity index (χ1) is 14.5. The van der Waals surface area contributed by atoms with Crippen molar-refractivity contribution in [1.82, 2.24) is 0 Å². The standard InChI is InChI=1S/C24H17NO5/c1-2-16-6-8-17(9-7-16)15-29-20-10-11-21-22(14-20)30-23(24(21)26)13-18-4-3-5-19(12-18)25(27)28/h2-14H,1,15H2/b23-13-. The molecule has 3 aromatic carbocycles. The second-order valence-corrected chi connectivity index (χ2v) is 6.68. The van der Waals surface area contributed by atoms with E-state index in [2.05, 4.69) is 6.58 Å². The number of hydrogen-bond donors (Lipinski definition) is 0. The lowest BCUT2D eigenvalue weighted by atomic mass is 10.1. The minimum atomic E-state index is -0.483. The molecule has 0 aromatic heterocycles. The van der Waals surface area contributed by atoms with Crippen LogP contribution in [0.25, 0.3) is 12.2 Å². The molecule has 1 heterocycles. The molecule has 1 aliphatic rings. The number of ether oxygens (including phenoxy) is 2. The van der Waals surface area contributed by atoms with Crippen LogP contribution in [0.4, 0.5) is 5.69 Å². The van der Waals surface area contributed by atoms with Crippen molar-refractivity contribution in [1.29, 1.82) is 0 Å². The summed E-state index contributed by atoms with van der Waals surface area (Å²) in [4.78, 5) is 23.0. The minimum absolute atomic E-state index is 0.0517. The molecule has 148 valence electrons. The summed E-state index contributed by atoms with van der Waals surface area (Å²) in [7, 11) is 0. The van der Waals surface area contributed by atoms with Gasteiger partial charge in [-0.25, -0.2) is 0 Å². The zero-order valence-corrected chi connectivity index (χ0v) is 15.9. The fraction of sp³-hybridized carbons (Fsp3) is 0.0417. The molecule has 0 spiro atoms. The van der Waals surface area contributed by atoms with Gasteiger partial charge in [-0.3, -0.25) is 14.9 Å². The summed E-state index contributed by atoms with van der Waals surface area (Å²) in [6, 6.07) is 18.9. The van der Waals surface area contributed by atoms with Crippen LogP contribution < -0.4 is 9.47 Å². The van der Waals surface area contributed by atoms with E-state index < -0.39 is 4.92 Å². The molecular formula is C24H17NO5. The monoisotopic (exact) mass is 399 g/mol. The summed E-state index contributed by atoms with van der Waals surface area (Å²) in [6.45, 7) is 4.11. The molecule has 0 bridgehead atoms. The number of hydrogen-bond acceptors (Lipinski definition) is 5. The van der Waals surface area contributed by atoms with Gasteiger partial charge >= 0.3 is 0 Å². The molecule has 0 unspecified atom stereocenters. The third-order valence-corrected chi connectivity index (χ3v) is 4.64. The molecule has 3 aromatic rings. The topological polar surface area (TPSA) is 78.7 Å². The number of carbonyl (C=O) groups is 1. The van der Waals surface area contributed by atoms with Gasteiger partial charge in [0.15, 0.2) is 5.76 Å². The number of nitro benzene ring substituents is 1. The summed E-state index contributed by atoms with van der Waals surface area (Å²) in [6.07, 6.45) is 3.27. The molecule has 6 heteroatoms. The Kier molecular flexibility index (Phi) is 5.13. The van der Waals surface area contributed by atoms with Crippen LogP contribution in [-0.4, -0.2) is 10.7 Å². The van der Waals surface area contributed by atoms with Crippen molar-refractivity contribution in [2.75, 3.05) is 0 Å². The van der Waals surface area contributed by atoms with E-state index in [9.17, 15) is 14.9 Å². The number of non-ortho nitro benzene ring substituents is 1. The van der Waals surface area contributed by atoms with Crippen molar-refractivity contribution in [2.45, 2.75) is 6.61 Å². The van der Waals surface area contributed by atoms with E-state index in [1.807, 2.05) is 24.3 Å². The molecule has 4 rings (SSSR count). The van der Waals surface area contributed by atoms with Gasteiger partial charge in [-0.05, 0) is 34.9 Å². The van der Waals surface area contributed by atoms with E-state index in [4.69, 9.17) is 9.47 Å². The van der Waals surface area contributed by atoms with E-state index in [0.717, 1.165) is 11.1 Å². The van der Waals surface area contributed by atoms with Gasteiger partial charge in [0.2, 0.25) is 5.78 Å². The molecule has 0 saturated carbocycles. The number of Topliss-reactive ketones (excluding diaryl/α,β-unsaturated/α-hetero) is 1. The lowest BCUT2D eigenvalue weighted by Crippen LogP contribution is -1.98. The van der Waals surface area contributed by atoms with Crippen molar-refractivity contribution in [2.24, 2.45) is 0 Å². The van der Waals surface area contributed by atoms with Crippen LogP contribution in [0.5, 0.6) is 11.5 Å². The van der Waals surface area contributed by atoms with Gasteiger partial charge in [-0.15, -0.1) is 0 Å². The number of nitro groups is 1. The zero-order valence-electron chi connectivity index (χ0n) is 15.9. The van der Waals surface area contributed by atoms with E-state index in [-0.39, 0.29) is 17.2 Å². The van der Waals surface area contributed by atoms with Crippen molar-refractivity contribution in [3.8, 4) is 11.5 Å². The molecule has 30 heavy (non-hydrogen) atoms. The Balaban J connectivity index is 1.50. The van der Waals surface area contributed by atoms with E-state index in [1.165, 1.54) is 18.2 Å². The quantitative estimate of drug-likeness (QED) is 0.314. The maximum Gasteiger partial charge on any atom is 0.270 e. The van der Waals surface area contributed by atoms with Crippen LogP contribution >= 0.6 is 0 Å². The molecule has 6 nitrogen and oxygen atoms in total. The number of nitrogens with zero attached hydrogens (tertiary/aromatic N) is 1. The van der Waals surface area contributed by atoms with Crippen LogP contribution in [-0.2, 0) is 6.61 Å². The van der Waals surface area contributed by atoms with Gasteiger partial charge in [-0.1, -0.05) is 49.1 Å². The highest BCUT2D eigenvalue weighted by atomic mass is 16.6. The highest BCUT2D eigenvalue weighted by Crippen LogP contribution is 2.35. The highest BCUT2D eigenvalue weighted by molar-refractivity contribution is 6.14. The average molecular weight is 399 g/mol. The van der Waals surface area contributed by atoms with Crippen LogP contribution in [0.1, 0.15) is 27.0 Å². The van der Waals surface area contributed by atoms with Crippen molar-refractivity contribution >= 4 is 23.6 Å². The van der Waals surface area contributed by atoms with Crippen molar-refractivity contribution in [3.05, 3.63) is 111 Å². The fourth-order valence-corrected chi connectivity index (χ4v) is 3.05. The summed E-state index contributed by atoms with van der Waals surface area (Å²) in [5, 5.41) is 10.9. The Bertz CT molecular complexity index is 1180. The van der Waals surface area contributed by atoms with Gasteiger partial charge in [0, 0.05) is 18.2 Å².